The minimum atomic E-state index is -0.198. The highest BCUT2D eigenvalue weighted by Crippen LogP contribution is 2.59. The molecular formula is C23H22N6O3. The Morgan fingerprint density at radius 1 is 1.22 bits per heavy atom. The van der Waals surface area contributed by atoms with Crippen molar-refractivity contribution in [1.82, 2.24) is 29.8 Å². The number of nitrogens with one attached hydrogen (secondary N) is 1. The highest BCUT2D eigenvalue weighted by molar-refractivity contribution is 5.99. The zero-order valence-electron chi connectivity index (χ0n) is 17.4. The van der Waals surface area contributed by atoms with Crippen LogP contribution in [-0.2, 0) is 0 Å². The van der Waals surface area contributed by atoms with E-state index in [4.69, 9.17) is 4.42 Å². The minimum absolute atomic E-state index is 0.0153. The van der Waals surface area contributed by atoms with Crippen LogP contribution in [0.2, 0.25) is 0 Å². The number of fused-ring (bicyclic) bond motifs is 2. The average Bonchev–Trinajstić information content (AvgIpc) is 3.17. The van der Waals surface area contributed by atoms with E-state index in [1.807, 2.05) is 11.0 Å². The van der Waals surface area contributed by atoms with Crippen molar-refractivity contribution in [2.75, 3.05) is 19.6 Å². The van der Waals surface area contributed by atoms with E-state index in [1.165, 1.54) is 0 Å². The summed E-state index contributed by atoms with van der Waals surface area (Å²) in [4.78, 5) is 35.7. The third kappa shape index (κ3) is 3.12. The number of hydrogen-bond donors (Lipinski definition) is 1. The highest BCUT2D eigenvalue weighted by Gasteiger charge is 2.54. The van der Waals surface area contributed by atoms with Gasteiger partial charge >= 0.3 is 0 Å². The number of carbonyl (C=O) groups is 2. The van der Waals surface area contributed by atoms with Gasteiger partial charge in [0.25, 0.3) is 11.8 Å². The molecule has 1 unspecified atom stereocenters. The van der Waals surface area contributed by atoms with Gasteiger partial charge in [-0.25, -0.2) is 9.50 Å². The van der Waals surface area contributed by atoms with Crippen molar-refractivity contribution in [1.29, 1.82) is 0 Å². The topological polar surface area (TPSA) is 106 Å². The van der Waals surface area contributed by atoms with E-state index in [2.05, 4.69) is 20.4 Å². The molecule has 162 valence electrons. The molecule has 1 aliphatic heterocycles. The lowest BCUT2D eigenvalue weighted by Gasteiger charge is -2.33. The number of piperidine rings is 1. The fourth-order valence-electron chi connectivity index (χ4n) is 4.94. The Bertz CT molecular complexity index is 1300. The van der Waals surface area contributed by atoms with Gasteiger partial charge in [-0.05, 0) is 48.8 Å². The second-order valence-electron chi connectivity index (χ2n) is 8.74. The van der Waals surface area contributed by atoms with Gasteiger partial charge in [0.2, 0.25) is 0 Å². The Kier molecular flexibility index (Phi) is 4.24. The average molecular weight is 430 g/mol. The fraction of sp³-hybridized carbons (Fsp3) is 0.348. The van der Waals surface area contributed by atoms with Gasteiger partial charge in [0.15, 0.2) is 17.0 Å². The molecule has 5 heterocycles. The molecule has 1 spiro atoms. The Labute approximate surface area is 183 Å². The second-order valence-corrected chi connectivity index (χ2v) is 8.74. The van der Waals surface area contributed by atoms with Gasteiger partial charge < -0.3 is 14.6 Å². The smallest absolute Gasteiger partial charge is 0.287 e. The second kappa shape index (κ2) is 7.15. The summed E-state index contributed by atoms with van der Waals surface area (Å²) in [5.74, 6) is 0.536. The molecule has 4 aromatic heterocycles. The number of pyridine rings is 1. The summed E-state index contributed by atoms with van der Waals surface area (Å²) in [6.07, 6.45) is 11.3. The van der Waals surface area contributed by atoms with Crippen LogP contribution in [0.3, 0.4) is 0 Å². The van der Waals surface area contributed by atoms with E-state index in [9.17, 15) is 9.59 Å². The molecule has 9 nitrogen and oxygen atoms in total. The molecule has 1 atom stereocenters. The largest absolute Gasteiger partial charge is 0.449 e. The highest BCUT2D eigenvalue weighted by atomic mass is 16.3. The van der Waals surface area contributed by atoms with Crippen LogP contribution in [0.25, 0.3) is 16.6 Å². The van der Waals surface area contributed by atoms with E-state index in [0.717, 1.165) is 24.6 Å². The summed E-state index contributed by atoms with van der Waals surface area (Å²) in [7, 11) is 0. The van der Waals surface area contributed by atoms with Crippen LogP contribution >= 0.6 is 0 Å². The lowest BCUT2D eigenvalue weighted by molar-refractivity contribution is 0.0670. The predicted molar refractivity (Wildman–Crippen MR) is 115 cm³/mol. The van der Waals surface area contributed by atoms with E-state index in [1.54, 1.807) is 47.6 Å². The first-order chi connectivity index (χ1) is 15.6. The minimum Gasteiger partial charge on any atom is -0.449 e. The number of furan rings is 1. The Hall–Kier alpha value is -3.75. The van der Waals surface area contributed by atoms with Gasteiger partial charge in [0.1, 0.15) is 5.56 Å². The fourth-order valence-corrected chi connectivity index (χ4v) is 4.94. The normalized spacial score (nSPS) is 19.5. The van der Waals surface area contributed by atoms with Crippen LogP contribution in [-0.4, -0.2) is 55.9 Å². The monoisotopic (exact) mass is 430 g/mol. The maximum atomic E-state index is 13.0. The van der Waals surface area contributed by atoms with Crippen LogP contribution in [0.15, 0.2) is 53.6 Å². The van der Waals surface area contributed by atoms with Crippen molar-refractivity contribution in [3.63, 3.8) is 0 Å². The molecule has 9 heteroatoms. The number of amides is 2. The van der Waals surface area contributed by atoms with Crippen LogP contribution < -0.4 is 5.32 Å². The molecule has 0 bridgehead atoms. The number of aromatic nitrogens is 4. The van der Waals surface area contributed by atoms with Gasteiger partial charge in [0.05, 0.1) is 12.4 Å². The van der Waals surface area contributed by atoms with E-state index in [0.29, 0.717) is 48.1 Å². The maximum Gasteiger partial charge on any atom is 0.287 e. The van der Waals surface area contributed by atoms with Crippen molar-refractivity contribution in [3.8, 4) is 0 Å². The number of likely N-dealkylation sites (tertiary alicyclic amines) is 1. The predicted octanol–water partition coefficient (Wildman–Crippen LogP) is 2.54. The van der Waals surface area contributed by atoms with Crippen LogP contribution in [0.4, 0.5) is 0 Å². The van der Waals surface area contributed by atoms with Crippen LogP contribution in [0, 0.1) is 11.3 Å². The summed E-state index contributed by atoms with van der Waals surface area (Å²) >= 11 is 0. The summed E-state index contributed by atoms with van der Waals surface area (Å²) in [6, 6.07) is 5.36. The molecule has 1 saturated heterocycles. The first kappa shape index (κ1) is 19.0. The maximum absolute atomic E-state index is 13.0. The van der Waals surface area contributed by atoms with Gasteiger partial charge in [0, 0.05) is 43.6 Å². The van der Waals surface area contributed by atoms with Crippen molar-refractivity contribution >= 4 is 28.4 Å². The first-order valence-electron chi connectivity index (χ1n) is 10.8. The van der Waals surface area contributed by atoms with E-state index in [-0.39, 0.29) is 17.2 Å². The molecule has 1 aliphatic carbocycles. The van der Waals surface area contributed by atoms with Crippen LogP contribution in [0.5, 0.6) is 0 Å². The van der Waals surface area contributed by atoms with Crippen molar-refractivity contribution in [3.05, 3.63) is 60.5 Å². The van der Waals surface area contributed by atoms with Crippen LogP contribution in [0.1, 0.15) is 40.2 Å². The molecule has 2 aliphatic rings. The Balaban J connectivity index is 1.05. The Morgan fingerprint density at radius 3 is 2.94 bits per heavy atom. The number of rotatable bonds is 4. The van der Waals surface area contributed by atoms with Gasteiger partial charge in [-0.15, -0.1) is 0 Å². The molecule has 1 N–H and O–H groups in total. The van der Waals surface area contributed by atoms with Crippen molar-refractivity contribution in [2.45, 2.75) is 19.3 Å². The lowest BCUT2D eigenvalue weighted by Crippen LogP contribution is -2.40. The summed E-state index contributed by atoms with van der Waals surface area (Å²) in [5.41, 5.74) is 1.97. The molecule has 0 radical (unpaired) electrons. The standard InChI is InChI=1S/C23H22N6O3/c30-21(18-10-15-2-6-24-14-19(15)32-18)26-12-16-11-23(16)3-8-28(9-4-23)22(31)17-13-27-29-7-1-5-25-20(17)29/h1-2,5-7,10,13-14,16H,3-4,8-9,11-12H2,(H,26,30). The third-order valence-corrected chi connectivity index (χ3v) is 6.97. The quantitative estimate of drug-likeness (QED) is 0.533. The van der Waals surface area contributed by atoms with E-state index < -0.39 is 0 Å². The van der Waals surface area contributed by atoms with Crippen molar-refractivity contribution in [2.24, 2.45) is 11.3 Å². The lowest BCUT2D eigenvalue weighted by atomic mass is 9.90. The molecule has 2 fully saturated rings. The number of carbonyl (C=O) groups excluding carboxylic acids is 2. The number of hydrogen-bond acceptors (Lipinski definition) is 6. The molecule has 6 rings (SSSR count). The third-order valence-electron chi connectivity index (χ3n) is 6.97. The van der Waals surface area contributed by atoms with E-state index >= 15 is 0 Å². The van der Waals surface area contributed by atoms with Gasteiger partial charge in [-0.2, -0.15) is 5.10 Å². The first-order valence-corrected chi connectivity index (χ1v) is 10.8. The molecule has 2 amide bonds. The zero-order valence-corrected chi connectivity index (χ0v) is 17.4. The van der Waals surface area contributed by atoms with Crippen molar-refractivity contribution < 1.29 is 14.0 Å². The molecule has 32 heavy (non-hydrogen) atoms. The SMILES string of the molecule is O=C(NCC1CC12CCN(C(=O)c1cnn3cccnc13)CC2)c1cc2ccncc2o1. The van der Waals surface area contributed by atoms with Gasteiger partial charge in [-0.1, -0.05) is 0 Å². The molecule has 4 aromatic rings. The molecular weight excluding hydrogens is 408 g/mol. The number of nitrogens with zero attached hydrogens (tertiary/aromatic N) is 5. The Morgan fingerprint density at radius 2 is 2.09 bits per heavy atom. The summed E-state index contributed by atoms with van der Waals surface area (Å²) < 4.78 is 7.22. The molecule has 0 aromatic carbocycles. The van der Waals surface area contributed by atoms with Gasteiger partial charge in [-0.3, -0.25) is 14.6 Å². The molecule has 1 saturated carbocycles. The summed E-state index contributed by atoms with van der Waals surface area (Å²) in [5, 5.41) is 8.11. The summed E-state index contributed by atoms with van der Waals surface area (Å²) in [6.45, 7) is 2.05. The zero-order chi connectivity index (χ0) is 21.7.